The van der Waals surface area contributed by atoms with Gasteiger partial charge in [0.15, 0.2) is 0 Å². The van der Waals surface area contributed by atoms with Gasteiger partial charge in [0.05, 0.1) is 6.42 Å². The molecule has 0 aliphatic carbocycles. The summed E-state index contributed by atoms with van der Waals surface area (Å²) in [4.78, 5) is 12.8. The van der Waals surface area contributed by atoms with Crippen LogP contribution in [0.3, 0.4) is 0 Å². The van der Waals surface area contributed by atoms with E-state index in [1.165, 1.54) is 0 Å². The highest BCUT2D eigenvalue weighted by Crippen LogP contribution is 2.40. The van der Waals surface area contributed by atoms with Gasteiger partial charge in [-0.2, -0.15) is 13.2 Å². The first-order chi connectivity index (χ1) is 10.9. The van der Waals surface area contributed by atoms with E-state index in [1.54, 1.807) is 11.8 Å². The van der Waals surface area contributed by atoms with Crippen LogP contribution < -0.4 is 5.32 Å². The van der Waals surface area contributed by atoms with Crippen molar-refractivity contribution in [3.05, 3.63) is 30.3 Å². The van der Waals surface area contributed by atoms with Crippen LogP contribution in [0.25, 0.3) is 0 Å². The quantitative estimate of drug-likeness (QED) is 0.851. The molecular formula is C16H20F3NO2S. The van der Waals surface area contributed by atoms with Gasteiger partial charge in [-0.3, -0.25) is 4.79 Å². The molecule has 23 heavy (non-hydrogen) atoms. The average molecular weight is 347 g/mol. The molecule has 0 aromatic heterocycles. The highest BCUT2D eigenvalue weighted by Gasteiger charge is 2.35. The summed E-state index contributed by atoms with van der Waals surface area (Å²) < 4.78 is 41.7. The van der Waals surface area contributed by atoms with Crippen LogP contribution >= 0.6 is 11.8 Å². The van der Waals surface area contributed by atoms with Crippen LogP contribution in [-0.4, -0.2) is 36.6 Å². The largest absolute Gasteiger partial charge is 0.389 e. The van der Waals surface area contributed by atoms with E-state index >= 15 is 0 Å². The summed E-state index contributed by atoms with van der Waals surface area (Å²) in [6, 6.07) is 9.80. The van der Waals surface area contributed by atoms with E-state index in [-0.39, 0.29) is 4.75 Å². The van der Waals surface area contributed by atoms with E-state index in [2.05, 4.69) is 5.32 Å². The van der Waals surface area contributed by atoms with Crippen LogP contribution in [0.2, 0.25) is 0 Å². The molecule has 1 heterocycles. The first-order valence-corrected chi connectivity index (χ1v) is 8.36. The van der Waals surface area contributed by atoms with Gasteiger partial charge < -0.3 is 10.1 Å². The van der Waals surface area contributed by atoms with Gasteiger partial charge in [0, 0.05) is 35.8 Å². The van der Waals surface area contributed by atoms with E-state index in [0.29, 0.717) is 19.8 Å². The molecule has 0 saturated carbocycles. The number of rotatable bonds is 6. The molecule has 0 spiro atoms. The second kappa shape index (κ2) is 8.06. The van der Waals surface area contributed by atoms with Gasteiger partial charge >= 0.3 is 6.18 Å². The number of carbonyl (C=O) groups is 1. The lowest BCUT2D eigenvalue weighted by atomic mass is 9.99. The molecular weight excluding hydrogens is 327 g/mol. The Hall–Kier alpha value is -1.21. The maximum atomic E-state index is 12.2. The molecule has 1 aliphatic heterocycles. The number of hydrogen-bond donors (Lipinski definition) is 1. The zero-order chi connectivity index (χ0) is 16.8. The molecule has 128 valence electrons. The number of halogens is 3. The molecule has 1 aliphatic rings. The lowest BCUT2D eigenvalue weighted by molar-refractivity contribution is -0.144. The van der Waals surface area contributed by atoms with Gasteiger partial charge in [-0.25, -0.2) is 0 Å². The van der Waals surface area contributed by atoms with Gasteiger partial charge in [0.25, 0.3) is 0 Å². The monoisotopic (exact) mass is 347 g/mol. The molecule has 1 aromatic carbocycles. The summed E-state index contributed by atoms with van der Waals surface area (Å²) in [5.41, 5.74) is 0. The number of nitrogens with one attached hydrogen (secondary N) is 1. The molecule has 2 rings (SSSR count). The third kappa shape index (κ3) is 6.43. The Morgan fingerprint density at radius 2 is 1.87 bits per heavy atom. The van der Waals surface area contributed by atoms with Gasteiger partial charge in [-0.05, 0) is 25.0 Å². The first kappa shape index (κ1) is 18.1. The Bertz CT molecular complexity index is 502. The fourth-order valence-electron chi connectivity index (χ4n) is 2.40. The molecule has 1 fully saturated rings. The van der Waals surface area contributed by atoms with Crippen LogP contribution in [0.4, 0.5) is 13.2 Å². The van der Waals surface area contributed by atoms with Crippen LogP contribution in [0.15, 0.2) is 35.2 Å². The second-order valence-corrected chi connectivity index (χ2v) is 7.14. The number of thioether (sulfide) groups is 1. The number of ether oxygens (including phenoxy) is 1. The number of amides is 1. The Kier molecular flexibility index (Phi) is 6.35. The molecule has 0 unspecified atom stereocenters. The van der Waals surface area contributed by atoms with Crippen LogP contribution in [0.5, 0.6) is 0 Å². The van der Waals surface area contributed by atoms with Crippen molar-refractivity contribution >= 4 is 17.7 Å². The molecule has 1 saturated heterocycles. The fraction of sp³-hybridized carbons (Fsp3) is 0.562. The second-order valence-electron chi connectivity index (χ2n) is 5.60. The maximum Gasteiger partial charge on any atom is 0.389 e. The van der Waals surface area contributed by atoms with Crippen molar-refractivity contribution in [3.8, 4) is 0 Å². The minimum Gasteiger partial charge on any atom is -0.381 e. The number of hydrogen-bond acceptors (Lipinski definition) is 3. The number of carbonyl (C=O) groups excluding carboxylic acids is 1. The highest BCUT2D eigenvalue weighted by atomic mass is 32.2. The first-order valence-electron chi connectivity index (χ1n) is 7.54. The normalized spacial score (nSPS) is 17.7. The smallest absolute Gasteiger partial charge is 0.381 e. The Morgan fingerprint density at radius 3 is 2.48 bits per heavy atom. The van der Waals surface area contributed by atoms with E-state index in [9.17, 15) is 18.0 Å². The van der Waals surface area contributed by atoms with Crippen molar-refractivity contribution in [2.75, 3.05) is 19.8 Å². The number of benzene rings is 1. The molecule has 1 N–H and O–H groups in total. The summed E-state index contributed by atoms with van der Waals surface area (Å²) in [7, 11) is 0. The Labute approximate surface area is 138 Å². The maximum absolute atomic E-state index is 12.2. The van der Waals surface area contributed by atoms with Gasteiger partial charge in [-0.15, -0.1) is 11.8 Å². The molecule has 7 heteroatoms. The zero-order valence-corrected chi connectivity index (χ0v) is 13.5. The molecule has 0 atom stereocenters. The van der Waals surface area contributed by atoms with Gasteiger partial charge in [-0.1, -0.05) is 18.2 Å². The summed E-state index contributed by atoms with van der Waals surface area (Å²) >= 11 is 1.66. The van der Waals surface area contributed by atoms with Crippen molar-refractivity contribution in [1.29, 1.82) is 0 Å². The van der Waals surface area contributed by atoms with Crippen molar-refractivity contribution < 1.29 is 22.7 Å². The summed E-state index contributed by atoms with van der Waals surface area (Å²) in [5, 5.41) is 2.67. The van der Waals surface area contributed by atoms with Crippen LogP contribution in [0.1, 0.15) is 25.7 Å². The molecule has 3 nitrogen and oxygen atoms in total. The lowest BCUT2D eigenvalue weighted by Crippen LogP contribution is -2.44. The van der Waals surface area contributed by atoms with E-state index in [1.807, 2.05) is 30.3 Å². The van der Waals surface area contributed by atoms with Crippen molar-refractivity contribution in [2.45, 2.75) is 41.5 Å². The minimum absolute atomic E-state index is 0.229. The van der Waals surface area contributed by atoms with Crippen LogP contribution in [0, 0.1) is 0 Å². The fourth-order valence-corrected chi connectivity index (χ4v) is 3.71. The third-order valence-electron chi connectivity index (χ3n) is 3.72. The Morgan fingerprint density at radius 1 is 1.22 bits per heavy atom. The topological polar surface area (TPSA) is 38.3 Å². The summed E-state index contributed by atoms with van der Waals surface area (Å²) in [5.74, 6) is -0.554. The van der Waals surface area contributed by atoms with Gasteiger partial charge in [0.2, 0.25) is 5.91 Å². The van der Waals surface area contributed by atoms with Crippen LogP contribution in [-0.2, 0) is 9.53 Å². The predicted octanol–water partition coefficient (Wildman–Crippen LogP) is 3.79. The zero-order valence-electron chi connectivity index (χ0n) is 12.7. The highest BCUT2D eigenvalue weighted by molar-refractivity contribution is 8.00. The molecule has 1 amide bonds. The average Bonchev–Trinajstić information content (AvgIpc) is 2.52. The summed E-state index contributed by atoms with van der Waals surface area (Å²) in [6.07, 6.45) is -4.39. The Balaban J connectivity index is 1.92. The van der Waals surface area contributed by atoms with E-state index in [0.717, 1.165) is 17.7 Å². The SMILES string of the molecule is O=C(CCC(F)(F)F)NCC1(Sc2ccccc2)CCOCC1. The lowest BCUT2D eigenvalue weighted by Gasteiger charge is -2.36. The number of alkyl halides is 3. The molecule has 0 radical (unpaired) electrons. The van der Waals surface area contributed by atoms with Crippen molar-refractivity contribution in [3.63, 3.8) is 0 Å². The van der Waals surface area contributed by atoms with Crippen molar-refractivity contribution in [1.82, 2.24) is 5.32 Å². The summed E-state index contributed by atoms with van der Waals surface area (Å²) in [6.45, 7) is 1.54. The van der Waals surface area contributed by atoms with Gasteiger partial charge in [0.1, 0.15) is 0 Å². The standard InChI is InChI=1S/C16H20F3NO2S/c17-16(18,19)7-6-14(21)20-12-15(8-10-22-11-9-15)23-13-4-2-1-3-5-13/h1-5H,6-12H2,(H,20,21). The molecule has 1 aromatic rings. The van der Waals surface area contributed by atoms with E-state index < -0.39 is 24.9 Å². The molecule has 0 bridgehead atoms. The predicted molar refractivity (Wildman–Crippen MR) is 83.4 cm³/mol. The van der Waals surface area contributed by atoms with E-state index in [4.69, 9.17) is 4.74 Å². The third-order valence-corrected chi connectivity index (χ3v) is 5.22. The van der Waals surface area contributed by atoms with Crippen molar-refractivity contribution in [2.24, 2.45) is 0 Å². The minimum atomic E-state index is -4.30.